The van der Waals surface area contributed by atoms with Gasteiger partial charge in [-0.25, -0.2) is 0 Å². The van der Waals surface area contributed by atoms with Crippen LogP contribution in [0.15, 0.2) is 0 Å². The van der Waals surface area contributed by atoms with Gasteiger partial charge in [0.25, 0.3) is 0 Å². The molecule has 0 N–H and O–H groups in total. The molecule has 0 aromatic carbocycles. The lowest BCUT2D eigenvalue weighted by Gasteiger charge is -2.31. The average Bonchev–Trinajstić information content (AvgIpc) is 2.28. The topological polar surface area (TPSA) is 23.6 Å². The monoisotopic (exact) mass is 338 g/mol. The Labute approximate surface area is 113 Å². The van der Waals surface area contributed by atoms with Crippen molar-refractivity contribution >= 4 is 28.5 Å². The summed E-state index contributed by atoms with van der Waals surface area (Å²) in [5, 5.41) is 0. The summed E-state index contributed by atoms with van der Waals surface area (Å²) in [5.74, 6) is 0.274. The molecular formula is C12H23IN2O. The SMILES string of the molecule is CN1CCN(CCCCCCCI)CC1=O. The molecule has 94 valence electrons. The highest BCUT2D eigenvalue weighted by atomic mass is 127. The van der Waals surface area contributed by atoms with Crippen molar-refractivity contribution in [3.63, 3.8) is 0 Å². The first kappa shape index (κ1) is 14.2. The van der Waals surface area contributed by atoms with Crippen LogP contribution in [0.5, 0.6) is 0 Å². The first-order valence-corrected chi connectivity index (χ1v) is 7.79. The number of amides is 1. The van der Waals surface area contributed by atoms with Crippen molar-refractivity contribution < 1.29 is 4.79 Å². The van der Waals surface area contributed by atoms with Crippen LogP contribution in [-0.4, -0.2) is 53.4 Å². The fraction of sp³-hybridized carbons (Fsp3) is 0.917. The number of halogens is 1. The predicted molar refractivity (Wildman–Crippen MR) is 76.0 cm³/mol. The molecule has 0 aliphatic carbocycles. The van der Waals surface area contributed by atoms with Gasteiger partial charge < -0.3 is 4.90 Å². The molecule has 0 aromatic rings. The molecule has 0 saturated carbocycles. The number of nitrogens with zero attached hydrogens (tertiary/aromatic N) is 2. The van der Waals surface area contributed by atoms with Crippen LogP contribution in [0.2, 0.25) is 0 Å². The summed E-state index contributed by atoms with van der Waals surface area (Å²) in [7, 11) is 1.89. The Morgan fingerprint density at radius 3 is 2.50 bits per heavy atom. The predicted octanol–water partition coefficient (Wildman–Crippen LogP) is 2.15. The molecule has 0 aromatic heterocycles. The van der Waals surface area contributed by atoms with E-state index in [2.05, 4.69) is 27.5 Å². The number of hydrogen-bond donors (Lipinski definition) is 0. The molecule has 1 fully saturated rings. The second kappa shape index (κ2) is 8.28. The zero-order valence-electron chi connectivity index (χ0n) is 10.3. The Bertz CT molecular complexity index is 211. The molecule has 1 heterocycles. The molecule has 1 saturated heterocycles. The zero-order valence-corrected chi connectivity index (χ0v) is 12.4. The van der Waals surface area contributed by atoms with Gasteiger partial charge >= 0.3 is 0 Å². The lowest BCUT2D eigenvalue weighted by atomic mass is 10.1. The van der Waals surface area contributed by atoms with Crippen LogP contribution in [0.25, 0.3) is 0 Å². The molecule has 1 aliphatic heterocycles. The minimum Gasteiger partial charge on any atom is -0.343 e. The highest BCUT2D eigenvalue weighted by Crippen LogP contribution is 2.07. The van der Waals surface area contributed by atoms with Crippen molar-refractivity contribution in [2.24, 2.45) is 0 Å². The van der Waals surface area contributed by atoms with E-state index in [-0.39, 0.29) is 5.91 Å². The van der Waals surface area contributed by atoms with Gasteiger partial charge in [-0.05, 0) is 23.8 Å². The van der Waals surface area contributed by atoms with Crippen molar-refractivity contribution in [3.05, 3.63) is 0 Å². The van der Waals surface area contributed by atoms with Crippen molar-refractivity contribution in [2.75, 3.05) is 37.7 Å². The Morgan fingerprint density at radius 1 is 1.12 bits per heavy atom. The van der Waals surface area contributed by atoms with Crippen molar-refractivity contribution in [1.82, 2.24) is 9.80 Å². The number of hydrogen-bond acceptors (Lipinski definition) is 2. The quantitative estimate of drug-likeness (QED) is 0.403. The summed E-state index contributed by atoms with van der Waals surface area (Å²) in [6.45, 7) is 3.68. The number of carbonyl (C=O) groups excluding carboxylic acids is 1. The van der Waals surface area contributed by atoms with Gasteiger partial charge in [-0.3, -0.25) is 9.69 Å². The maximum Gasteiger partial charge on any atom is 0.236 e. The molecule has 0 bridgehead atoms. The molecule has 0 spiro atoms. The van der Waals surface area contributed by atoms with Crippen LogP contribution in [-0.2, 0) is 4.79 Å². The third-order valence-electron chi connectivity index (χ3n) is 3.14. The molecule has 16 heavy (non-hydrogen) atoms. The molecule has 0 radical (unpaired) electrons. The summed E-state index contributed by atoms with van der Waals surface area (Å²) < 4.78 is 1.28. The van der Waals surface area contributed by atoms with Gasteiger partial charge in [-0.15, -0.1) is 0 Å². The number of rotatable bonds is 7. The Balaban J connectivity index is 1.99. The molecule has 1 amide bonds. The van der Waals surface area contributed by atoms with E-state index in [0.29, 0.717) is 6.54 Å². The van der Waals surface area contributed by atoms with Crippen LogP contribution >= 0.6 is 22.6 Å². The third kappa shape index (κ3) is 5.48. The second-order valence-corrected chi connectivity index (χ2v) is 5.63. The summed E-state index contributed by atoms with van der Waals surface area (Å²) in [6, 6.07) is 0. The first-order valence-electron chi connectivity index (χ1n) is 6.26. The summed E-state index contributed by atoms with van der Waals surface area (Å²) in [5.41, 5.74) is 0. The lowest BCUT2D eigenvalue weighted by molar-refractivity contribution is -0.134. The number of likely N-dealkylation sites (N-methyl/N-ethyl adjacent to an activating group) is 1. The average molecular weight is 338 g/mol. The molecule has 1 rings (SSSR count). The Kier molecular flexibility index (Phi) is 7.36. The van der Waals surface area contributed by atoms with Crippen molar-refractivity contribution in [1.29, 1.82) is 0 Å². The Morgan fingerprint density at radius 2 is 1.81 bits per heavy atom. The minimum absolute atomic E-state index is 0.274. The lowest BCUT2D eigenvalue weighted by Crippen LogP contribution is -2.48. The first-order chi connectivity index (χ1) is 7.74. The fourth-order valence-electron chi connectivity index (χ4n) is 1.96. The largest absolute Gasteiger partial charge is 0.343 e. The van der Waals surface area contributed by atoms with Crippen molar-refractivity contribution in [3.8, 4) is 0 Å². The van der Waals surface area contributed by atoms with Gasteiger partial charge in [0.05, 0.1) is 6.54 Å². The molecule has 0 unspecified atom stereocenters. The minimum atomic E-state index is 0.274. The normalized spacial score (nSPS) is 18.1. The Hall–Kier alpha value is 0.160. The number of alkyl halides is 1. The van der Waals surface area contributed by atoms with Crippen molar-refractivity contribution in [2.45, 2.75) is 32.1 Å². The van der Waals surface area contributed by atoms with E-state index in [1.54, 1.807) is 0 Å². The highest BCUT2D eigenvalue weighted by molar-refractivity contribution is 14.1. The van der Waals surface area contributed by atoms with E-state index in [4.69, 9.17) is 0 Å². The molecule has 4 heteroatoms. The molecule has 3 nitrogen and oxygen atoms in total. The molecule has 0 atom stereocenters. The van der Waals surface area contributed by atoms with Gasteiger partial charge in [0.2, 0.25) is 5.91 Å². The maximum absolute atomic E-state index is 11.5. The van der Waals surface area contributed by atoms with Crippen LogP contribution in [0, 0.1) is 0 Å². The van der Waals surface area contributed by atoms with E-state index in [1.165, 1.54) is 36.5 Å². The van der Waals surface area contributed by atoms with E-state index >= 15 is 0 Å². The van der Waals surface area contributed by atoms with E-state index in [0.717, 1.165) is 19.6 Å². The van der Waals surface area contributed by atoms with Gasteiger partial charge in [-0.1, -0.05) is 41.9 Å². The molecular weight excluding hydrogens is 315 g/mol. The fourth-order valence-corrected chi connectivity index (χ4v) is 2.50. The summed E-state index contributed by atoms with van der Waals surface area (Å²) in [6.07, 6.45) is 6.64. The van der Waals surface area contributed by atoms with Gasteiger partial charge in [0.15, 0.2) is 0 Å². The highest BCUT2D eigenvalue weighted by Gasteiger charge is 2.19. The van der Waals surface area contributed by atoms with Crippen LogP contribution in [0.3, 0.4) is 0 Å². The van der Waals surface area contributed by atoms with Crippen LogP contribution in [0.1, 0.15) is 32.1 Å². The maximum atomic E-state index is 11.5. The van der Waals surface area contributed by atoms with E-state index < -0.39 is 0 Å². The number of unbranched alkanes of at least 4 members (excludes halogenated alkanes) is 4. The number of carbonyl (C=O) groups is 1. The van der Waals surface area contributed by atoms with Gasteiger partial charge in [-0.2, -0.15) is 0 Å². The summed E-state index contributed by atoms with van der Waals surface area (Å²) >= 11 is 2.44. The van der Waals surface area contributed by atoms with Crippen LogP contribution in [0.4, 0.5) is 0 Å². The van der Waals surface area contributed by atoms with E-state index in [1.807, 2.05) is 11.9 Å². The molecule has 1 aliphatic rings. The third-order valence-corrected chi connectivity index (χ3v) is 3.91. The van der Waals surface area contributed by atoms with Crippen LogP contribution < -0.4 is 0 Å². The van der Waals surface area contributed by atoms with E-state index in [9.17, 15) is 4.79 Å². The smallest absolute Gasteiger partial charge is 0.236 e. The number of piperazine rings is 1. The van der Waals surface area contributed by atoms with Gasteiger partial charge in [0.1, 0.15) is 0 Å². The zero-order chi connectivity index (χ0) is 11.8. The standard InChI is InChI=1S/C12H23IN2O/c1-14-9-10-15(11-12(14)16)8-6-4-2-3-5-7-13/h2-11H2,1H3. The second-order valence-electron chi connectivity index (χ2n) is 4.55. The van der Waals surface area contributed by atoms with Gasteiger partial charge in [0, 0.05) is 20.1 Å². The summed E-state index contributed by atoms with van der Waals surface area (Å²) in [4.78, 5) is 15.6.